The van der Waals surface area contributed by atoms with Crippen molar-refractivity contribution in [2.24, 2.45) is 5.73 Å². The fraction of sp³-hybridized carbons (Fsp3) is 0.150. The van der Waals surface area contributed by atoms with Crippen molar-refractivity contribution >= 4 is 62.6 Å². The second-order valence-electron chi connectivity index (χ2n) is 6.76. The molecule has 0 amide bonds. The molecule has 0 unspecified atom stereocenters. The zero-order valence-electron chi connectivity index (χ0n) is 16.8. The van der Waals surface area contributed by atoms with Crippen molar-refractivity contribution in [1.29, 1.82) is 5.41 Å². The van der Waals surface area contributed by atoms with E-state index in [0.717, 1.165) is 8.72 Å². The third-order valence-electron chi connectivity index (χ3n) is 4.71. The summed E-state index contributed by atoms with van der Waals surface area (Å²) in [6, 6.07) is 11.7. The molecular formula is C20H21Cl2N5O4S. The van der Waals surface area contributed by atoms with E-state index in [1.54, 1.807) is 30.3 Å². The van der Waals surface area contributed by atoms with Crippen molar-refractivity contribution in [2.75, 3.05) is 4.42 Å². The summed E-state index contributed by atoms with van der Waals surface area (Å²) in [5.41, 5.74) is 6.40. The summed E-state index contributed by atoms with van der Waals surface area (Å²) in [5, 5.41) is 18.0. The van der Waals surface area contributed by atoms with Crippen LogP contribution >= 0.6 is 24.2 Å². The van der Waals surface area contributed by atoms with E-state index in [1.807, 2.05) is 0 Å². The number of aliphatic carboxylic acids is 1. The zero-order chi connectivity index (χ0) is 22.8. The first-order valence-electron chi connectivity index (χ1n) is 9.09. The number of nitrogens with zero attached hydrogens (tertiary/aromatic N) is 3. The van der Waals surface area contributed by atoms with Gasteiger partial charge in [0.2, 0.25) is 16.0 Å². The van der Waals surface area contributed by atoms with Crippen molar-refractivity contribution in [1.82, 2.24) is 9.29 Å². The topological polar surface area (TPSA) is 141 Å². The van der Waals surface area contributed by atoms with Gasteiger partial charge in [-0.15, -0.1) is 12.4 Å². The number of hydrogen-bond acceptors (Lipinski definition) is 5. The first-order chi connectivity index (χ1) is 14.6. The van der Waals surface area contributed by atoms with E-state index in [0.29, 0.717) is 22.0 Å². The van der Waals surface area contributed by atoms with Crippen LogP contribution in [0.4, 0.5) is 5.69 Å². The van der Waals surface area contributed by atoms with E-state index in [2.05, 4.69) is 4.98 Å². The molecule has 0 radical (unpaired) electrons. The molecule has 32 heavy (non-hydrogen) atoms. The predicted molar refractivity (Wildman–Crippen MR) is 126 cm³/mol. The summed E-state index contributed by atoms with van der Waals surface area (Å²) in [6.45, 7) is 1.22. The molecule has 9 nitrogen and oxygen atoms in total. The second kappa shape index (κ2) is 10.1. The molecule has 0 fully saturated rings. The van der Waals surface area contributed by atoms with Gasteiger partial charge in [0.05, 0.1) is 16.8 Å². The number of fused-ring (bicyclic) bond motifs is 1. The van der Waals surface area contributed by atoms with E-state index >= 15 is 0 Å². The Labute approximate surface area is 196 Å². The van der Waals surface area contributed by atoms with Gasteiger partial charge in [-0.05, 0) is 24.6 Å². The number of rotatable bonds is 7. The van der Waals surface area contributed by atoms with E-state index < -0.39 is 28.0 Å². The van der Waals surface area contributed by atoms with Gasteiger partial charge >= 0.3 is 5.97 Å². The summed E-state index contributed by atoms with van der Waals surface area (Å²) in [5.74, 6) is -1.68. The highest BCUT2D eigenvalue weighted by Crippen LogP contribution is 2.30. The van der Waals surface area contributed by atoms with Gasteiger partial charge in [-0.25, -0.2) is 12.8 Å². The molecule has 170 valence electrons. The minimum absolute atomic E-state index is 0. The SMILES string of the molecule is C[C@@H](C(=O)O)N(Cc1ccccc1)S(=O)(=O)c1ccc2c(N(Cl)C(=N)N)cncc2c1.Cl. The molecule has 0 aliphatic heterocycles. The number of carboxylic acid groups (broad SMARTS) is 1. The quantitative estimate of drug-likeness (QED) is 0.258. The van der Waals surface area contributed by atoms with Crippen LogP contribution in [0.1, 0.15) is 12.5 Å². The third kappa shape index (κ3) is 5.10. The van der Waals surface area contributed by atoms with Crippen LogP contribution in [0.2, 0.25) is 0 Å². The number of carboxylic acids is 1. The van der Waals surface area contributed by atoms with Crippen LogP contribution < -0.4 is 10.2 Å². The summed E-state index contributed by atoms with van der Waals surface area (Å²) < 4.78 is 28.6. The molecule has 0 saturated heterocycles. The number of pyridine rings is 1. The van der Waals surface area contributed by atoms with Crippen LogP contribution in [0.15, 0.2) is 65.8 Å². The van der Waals surface area contributed by atoms with Crippen molar-refractivity contribution in [2.45, 2.75) is 24.4 Å². The number of benzene rings is 2. The Morgan fingerprint density at radius 2 is 1.88 bits per heavy atom. The maximum Gasteiger partial charge on any atom is 0.321 e. The van der Waals surface area contributed by atoms with Gasteiger partial charge in [-0.1, -0.05) is 36.4 Å². The van der Waals surface area contributed by atoms with Gasteiger partial charge < -0.3 is 10.8 Å². The van der Waals surface area contributed by atoms with Crippen molar-refractivity contribution in [3.63, 3.8) is 0 Å². The molecule has 1 aromatic heterocycles. The van der Waals surface area contributed by atoms with Gasteiger partial charge in [-0.3, -0.25) is 15.2 Å². The molecule has 0 aliphatic carbocycles. The van der Waals surface area contributed by atoms with Crippen molar-refractivity contribution in [3.8, 4) is 0 Å². The van der Waals surface area contributed by atoms with E-state index in [-0.39, 0.29) is 23.8 Å². The number of sulfonamides is 1. The van der Waals surface area contributed by atoms with Crippen LogP contribution in [0.3, 0.4) is 0 Å². The number of carbonyl (C=O) groups is 1. The average molecular weight is 498 g/mol. The second-order valence-corrected chi connectivity index (χ2v) is 8.99. The Morgan fingerprint density at radius 1 is 1.22 bits per heavy atom. The standard InChI is InChI=1S/C20H20ClN5O4S.ClH/c1-13(19(27)28)25(12-14-5-3-2-4-6-14)31(29,30)16-7-8-17-15(9-16)10-24-11-18(17)26(21)20(22)23;/h2-11,13H,12H2,1H3,(H3,22,23)(H,27,28);1H/t13-;/m0./s1. The molecule has 0 aliphatic rings. The Kier molecular flexibility index (Phi) is 8.02. The number of aromatic nitrogens is 1. The Morgan fingerprint density at radius 3 is 2.47 bits per heavy atom. The summed E-state index contributed by atoms with van der Waals surface area (Å²) >= 11 is 6.02. The van der Waals surface area contributed by atoms with Crippen molar-refractivity contribution < 1.29 is 18.3 Å². The largest absolute Gasteiger partial charge is 0.480 e. The highest BCUT2D eigenvalue weighted by atomic mass is 35.5. The zero-order valence-corrected chi connectivity index (χ0v) is 19.2. The van der Waals surface area contributed by atoms with E-state index in [1.165, 1.54) is 37.5 Å². The first-order valence-corrected chi connectivity index (χ1v) is 10.9. The normalized spacial score (nSPS) is 12.2. The number of guanidine groups is 1. The fourth-order valence-electron chi connectivity index (χ4n) is 3.04. The smallest absolute Gasteiger partial charge is 0.321 e. The van der Waals surface area contributed by atoms with Gasteiger partial charge in [0.1, 0.15) is 6.04 Å². The number of halogens is 2. The maximum absolute atomic E-state index is 13.4. The minimum atomic E-state index is -4.17. The fourth-order valence-corrected chi connectivity index (χ4v) is 4.78. The Balaban J connectivity index is 0.00000363. The van der Waals surface area contributed by atoms with Gasteiger partial charge in [0, 0.05) is 35.3 Å². The summed E-state index contributed by atoms with van der Waals surface area (Å²) in [7, 11) is -4.17. The van der Waals surface area contributed by atoms with Crippen LogP contribution in [0, 0.1) is 5.41 Å². The van der Waals surface area contributed by atoms with Crippen LogP contribution in [0.25, 0.3) is 10.8 Å². The van der Waals surface area contributed by atoms with Gasteiger partial charge in [0.15, 0.2) is 0 Å². The highest BCUT2D eigenvalue weighted by Gasteiger charge is 2.33. The van der Waals surface area contributed by atoms with Crippen LogP contribution in [0.5, 0.6) is 0 Å². The number of anilines is 1. The Bertz CT molecular complexity index is 1240. The number of nitrogens with two attached hydrogens (primary N) is 1. The van der Waals surface area contributed by atoms with E-state index in [4.69, 9.17) is 22.9 Å². The van der Waals surface area contributed by atoms with E-state index in [9.17, 15) is 18.3 Å². The van der Waals surface area contributed by atoms with Gasteiger partial charge in [0.25, 0.3) is 0 Å². The molecule has 3 aromatic rings. The maximum atomic E-state index is 13.4. The first kappa shape index (κ1) is 25.3. The lowest BCUT2D eigenvalue weighted by molar-refractivity contribution is -0.141. The summed E-state index contributed by atoms with van der Waals surface area (Å²) in [4.78, 5) is 15.6. The predicted octanol–water partition coefficient (Wildman–Crippen LogP) is 3.17. The lowest BCUT2D eigenvalue weighted by Crippen LogP contribution is -2.42. The lowest BCUT2D eigenvalue weighted by Gasteiger charge is -2.26. The molecule has 2 aromatic carbocycles. The molecule has 1 atom stereocenters. The van der Waals surface area contributed by atoms with Crippen LogP contribution in [-0.4, -0.2) is 40.8 Å². The number of hydrogen-bond donors (Lipinski definition) is 3. The molecule has 0 saturated carbocycles. The summed E-state index contributed by atoms with van der Waals surface area (Å²) in [6.07, 6.45) is 2.85. The molecule has 3 rings (SSSR count). The van der Waals surface area contributed by atoms with Gasteiger partial charge in [-0.2, -0.15) is 4.31 Å². The molecule has 12 heteroatoms. The number of nitrogens with one attached hydrogen (secondary N) is 1. The average Bonchev–Trinajstić information content (AvgIpc) is 2.76. The lowest BCUT2D eigenvalue weighted by atomic mass is 10.1. The van der Waals surface area contributed by atoms with Crippen molar-refractivity contribution in [3.05, 3.63) is 66.5 Å². The molecule has 1 heterocycles. The molecule has 0 spiro atoms. The third-order valence-corrected chi connectivity index (χ3v) is 6.99. The molecule has 4 N–H and O–H groups in total. The minimum Gasteiger partial charge on any atom is -0.480 e. The highest BCUT2D eigenvalue weighted by molar-refractivity contribution is 7.89. The molecule has 0 bridgehead atoms. The monoisotopic (exact) mass is 497 g/mol. The molecular weight excluding hydrogens is 477 g/mol. The Hall–Kier alpha value is -2.92. The van der Waals surface area contributed by atoms with Crippen LogP contribution in [-0.2, 0) is 21.4 Å².